The molecule has 0 radical (unpaired) electrons. The van der Waals surface area contributed by atoms with Crippen molar-refractivity contribution >= 4 is 28.2 Å². The van der Waals surface area contributed by atoms with Crippen molar-refractivity contribution in [3.05, 3.63) is 46.3 Å². The molecule has 1 aromatic heterocycles. The quantitative estimate of drug-likeness (QED) is 0.771. The van der Waals surface area contributed by atoms with Crippen molar-refractivity contribution in [2.24, 2.45) is 0 Å². The van der Waals surface area contributed by atoms with E-state index in [2.05, 4.69) is 11.4 Å². The Bertz CT molecular complexity index is 870. The van der Waals surface area contributed by atoms with Gasteiger partial charge in [0.1, 0.15) is 16.8 Å². The molecule has 3 rings (SSSR count). The highest BCUT2D eigenvalue weighted by atomic mass is 32.1. The first kappa shape index (κ1) is 18.9. The maximum Gasteiger partial charge on any atom is 0.347 e. The Morgan fingerprint density at radius 3 is 2.74 bits per heavy atom. The van der Waals surface area contributed by atoms with Crippen LogP contribution in [0, 0.1) is 11.3 Å². The number of esters is 1. The summed E-state index contributed by atoms with van der Waals surface area (Å²) < 4.78 is 10.5. The first-order valence-corrected chi connectivity index (χ1v) is 9.63. The summed E-state index contributed by atoms with van der Waals surface area (Å²) in [6.07, 6.45) is 3.14. The summed E-state index contributed by atoms with van der Waals surface area (Å²) in [6, 6.07) is 11.1. The van der Waals surface area contributed by atoms with Gasteiger partial charge in [0.2, 0.25) is 0 Å². The van der Waals surface area contributed by atoms with Gasteiger partial charge in [-0.3, -0.25) is 4.79 Å². The number of nitrogens with one attached hydrogen (secondary N) is 1. The van der Waals surface area contributed by atoms with Crippen LogP contribution in [0.4, 0.5) is 5.00 Å². The van der Waals surface area contributed by atoms with E-state index >= 15 is 0 Å². The van der Waals surface area contributed by atoms with Crippen molar-refractivity contribution < 1.29 is 19.1 Å². The summed E-state index contributed by atoms with van der Waals surface area (Å²) in [5.41, 5.74) is 1.58. The van der Waals surface area contributed by atoms with Crippen LogP contribution in [0.3, 0.4) is 0 Å². The van der Waals surface area contributed by atoms with Crippen molar-refractivity contribution in [1.82, 2.24) is 0 Å². The van der Waals surface area contributed by atoms with Crippen molar-refractivity contribution in [3.8, 4) is 11.8 Å². The van der Waals surface area contributed by atoms with E-state index in [0.717, 1.165) is 36.1 Å². The third-order valence-corrected chi connectivity index (χ3v) is 5.48. The van der Waals surface area contributed by atoms with E-state index in [1.54, 1.807) is 31.2 Å². The number of carbonyl (C=O) groups is 2. The van der Waals surface area contributed by atoms with Gasteiger partial charge in [-0.25, -0.2) is 4.79 Å². The molecule has 0 unspecified atom stereocenters. The number of thiophene rings is 1. The lowest BCUT2D eigenvalue weighted by molar-refractivity contribution is -0.153. The van der Waals surface area contributed by atoms with E-state index in [1.165, 1.54) is 11.3 Å². The fraction of sp³-hybridized carbons (Fsp3) is 0.350. The molecular formula is C20H20N2O4S. The summed E-state index contributed by atoms with van der Waals surface area (Å²) in [7, 11) is 0. The SMILES string of the molecule is C[C@H](Oc1ccccc1)C(=O)OCC(=O)Nc1sc2c(c1C#N)CCCC2. The Morgan fingerprint density at radius 2 is 2.00 bits per heavy atom. The van der Waals surface area contributed by atoms with E-state index < -0.39 is 24.6 Å². The first-order valence-electron chi connectivity index (χ1n) is 8.81. The minimum absolute atomic E-state index is 0.422. The minimum atomic E-state index is -0.830. The number of fused-ring (bicyclic) bond motifs is 1. The van der Waals surface area contributed by atoms with Crippen LogP contribution < -0.4 is 10.1 Å². The molecule has 0 bridgehead atoms. The molecule has 1 aliphatic carbocycles. The van der Waals surface area contributed by atoms with E-state index in [4.69, 9.17) is 9.47 Å². The highest BCUT2D eigenvalue weighted by Crippen LogP contribution is 2.37. The van der Waals surface area contributed by atoms with Crippen LogP contribution in [0.1, 0.15) is 35.8 Å². The number of benzene rings is 1. The van der Waals surface area contributed by atoms with E-state index in [0.29, 0.717) is 16.3 Å². The second kappa shape index (κ2) is 8.69. The number of hydrogen-bond donors (Lipinski definition) is 1. The lowest BCUT2D eigenvalue weighted by Gasteiger charge is -2.13. The fourth-order valence-electron chi connectivity index (χ4n) is 2.94. The summed E-state index contributed by atoms with van der Waals surface area (Å²) in [5.74, 6) is -0.542. The van der Waals surface area contributed by atoms with Crippen molar-refractivity contribution in [3.63, 3.8) is 0 Å². The Morgan fingerprint density at radius 1 is 1.26 bits per heavy atom. The summed E-state index contributed by atoms with van der Waals surface area (Å²) >= 11 is 1.44. The summed E-state index contributed by atoms with van der Waals surface area (Å²) in [5, 5.41) is 12.7. The van der Waals surface area contributed by atoms with Crippen LogP contribution >= 0.6 is 11.3 Å². The van der Waals surface area contributed by atoms with Gasteiger partial charge in [-0.05, 0) is 50.3 Å². The van der Waals surface area contributed by atoms with E-state index in [-0.39, 0.29) is 0 Å². The largest absolute Gasteiger partial charge is 0.479 e. The Labute approximate surface area is 161 Å². The zero-order valence-corrected chi connectivity index (χ0v) is 15.8. The third-order valence-electron chi connectivity index (χ3n) is 4.27. The number of carbonyl (C=O) groups excluding carboxylic acids is 2. The van der Waals surface area contributed by atoms with Gasteiger partial charge in [-0.2, -0.15) is 5.26 Å². The Balaban J connectivity index is 1.53. The van der Waals surface area contributed by atoms with Gasteiger partial charge >= 0.3 is 5.97 Å². The predicted octanol–water partition coefficient (Wildman–Crippen LogP) is 3.45. The number of para-hydroxylation sites is 1. The van der Waals surface area contributed by atoms with Gasteiger partial charge in [-0.15, -0.1) is 11.3 Å². The second-order valence-electron chi connectivity index (χ2n) is 6.26. The zero-order chi connectivity index (χ0) is 19.2. The summed E-state index contributed by atoms with van der Waals surface area (Å²) in [6.45, 7) is 1.14. The summed E-state index contributed by atoms with van der Waals surface area (Å²) in [4.78, 5) is 25.3. The molecule has 1 heterocycles. The van der Waals surface area contributed by atoms with Crippen LogP contribution in [0.5, 0.6) is 5.75 Å². The van der Waals surface area contributed by atoms with Gasteiger partial charge in [0.05, 0.1) is 5.56 Å². The highest BCUT2D eigenvalue weighted by molar-refractivity contribution is 7.16. The van der Waals surface area contributed by atoms with Gasteiger partial charge in [0, 0.05) is 4.88 Å². The van der Waals surface area contributed by atoms with Crippen molar-refractivity contribution in [1.29, 1.82) is 5.26 Å². The average Bonchev–Trinajstić information content (AvgIpc) is 3.03. The lowest BCUT2D eigenvalue weighted by Crippen LogP contribution is -2.29. The molecule has 1 aliphatic rings. The molecule has 6 nitrogen and oxygen atoms in total. The molecule has 0 spiro atoms. The molecule has 1 N–H and O–H groups in total. The molecule has 0 fully saturated rings. The number of anilines is 1. The smallest absolute Gasteiger partial charge is 0.347 e. The molecule has 1 aromatic carbocycles. The number of nitriles is 1. The molecule has 0 saturated heterocycles. The molecule has 1 atom stereocenters. The predicted molar refractivity (Wildman–Crippen MR) is 102 cm³/mol. The minimum Gasteiger partial charge on any atom is -0.479 e. The van der Waals surface area contributed by atoms with E-state index in [9.17, 15) is 14.9 Å². The number of ether oxygens (including phenoxy) is 2. The van der Waals surface area contributed by atoms with Crippen LogP contribution in [0.15, 0.2) is 30.3 Å². The fourth-order valence-corrected chi connectivity index (χ4v) is 4.20. The van der Waals surface area contributed by atoms with Gasteiger partial charge < -0.3 is 14.8 Å². The van der Waals surface area contributed by atoms with Crippen LogP contribution in [0.25, 0.3) is 0 Å². The number of rotatable bonds is 6. The molecule has 140 valence electrons. The van der Waals surface area contributed by atoms with Crippen molar-refractivity contribution in [2.75, 3.05) is 11.9 Å². The average molecular weight is 384 g/mol. The Hall–Kier alpha value is -2.85. The zero-order valence-electron chi connectivity index (χ0n) is 15.0. The second-order valence-corrected chi connectivity index (χ2v) is 7.36. The van der Waals surface area contributed by atoms with E-state index in [1.807, 2.05) is 6.07 Å². The molecular weight excluding hydrogens is 364 g/mol. The van der Waals surface area contributed by atoms with Gasteiger partial charge in [0.25, 0.3) is 5.91 Å². The maximum absolute atomic E-state index is 12.1. The number of nitrogens with zero attached hydrogens (tertiary/aromatic N) is 1. The number of aryl methyl sites for hydroxylation is 1. The molecule has 0 aliphatic heterocycles. The molecule has 2 aromatic rings. The van der Waals surface area contributed by atoms with Crippen LogP contribution in [-0.2, 0) is 27.2 Å². The first-order chi connectivity index (χ1) is 13.1. The number of amides is 1. The standard InChI is InChI=1S/C20H20N2O4S/c1-13(26-14-7-3-2-4-8-14)20(24)25-12-18(23)22-19-16(11-21)15-9-5-6-10-17(15)27-19/h2-4,7-8,13H,5-6,9-10,12H2,1H3,(H,22,23)/t13-/m0/s1. The van der Waals surface area contributed by atoms with Crippen molar-refractivity contribution in [2.45, 2.75) is 38.7 Å². The van der Waals surface area contributed by atoms with Gasteiger partial charge in [0.15, 0.2) is 12.7 Å². The monoisotopic (exact) mass is 384 g/mol. The topological polar surface area (TPSA) is 88.4 Å². The maximum atomic E-state index is 12.1. The lowest BCUT2D eigenvalue weighted by atomic mass is 9.96. The Kier molecular flexibility index (Phi) is 6.09. The molecule has 7 heteroatoms. The number of hydrogen-bond acceptors (Lipinski definition) is 6. The normalized spacial score (nSPS) is 13.8. The van der Waals surface area contributed by atoms with Crippen LogP contribution in [0.2, 0.25) is 0 Å². The molecule has 0 saturated carbocycles. The van der Waals surface area contributed by atoms with Gasteiger partial charge in [-0.1, -0.05) is 18.2 Å². The molecule has 27 heavy (non-hydrogen) atoms. The highest BCUT2D eigenvalue weighted by Gasteiger charge is 2.23. The third kappa shape index (κ3) is 4.66. The molecule has 1 amide bonds. The van der Waals surface area contributed by atoms with Crippen LogP contribution in [-0.4, -0.2) is 24.6 Å².